The molecule has 0 spiro atoms. The first-order valence-electron chi connectivity index (χ1n) is 5.06. The molecule has 2 N–H and O–H groups in total. The molecule has 0 fully saturated rings. The van der Waals surface area contributed by atoms with E-state index in [-0.39, 0.29) is 11.7 Å². The van der Waals surface area contributed by atoms with Gasteiger partial charge in [0.15, 0.2) is 0 Å². The number of H-pyrrole nitrogens is 1. The number of benzene rings is 1. The monoisotopic (exact) mass is 232 g/mol. The summed E-state index contributed by atoms with van der Waals surface area (Å²) in [6, 6.07) is 7.48. The maximum Gasteiger partial charge on any atom is 0.291 e. The Balaban J connectivity index is 1.95. The fourth-order valence-electron chi connectivity index (χ4n) is 1.36. The van der Waals surface area contributed by atoms with E-state index in [1.165, 1.54) is 6.33 Å². The molecule has 0 bridgehead atoms. The highest BCUT2D eigenvalue weighted by Crippen LogP contribution is 2.12. The van der Waals surface area contributed by atoms with Crippen molar-refractivity contribution in [2.24, 2.45) is 0 Å². The van der Waals surface area contributed by atoms with Crippen molar-refractivity contribution in [2.75, 3.05) is 7.11 Å². The topological polar surface area (TPSA) is 79.9 Å². The Bertz CT molecular complexity index is 496. The van der Waals surface area contributed by atoms with Gasteiger partial charge in [0.1, 0.15) is 12.1 Å². The molecule has 6 nitrogen and oxygen atoms in total. The quantitative estimate of drug-likeness (QED) is 0.815. The van der Waals surface area contributed by atoms with Crippen LogP contribution in [0.2, 0.25) is 0 Å². The summed E-state index contributed by atoms with van der Waals surface area (Å²) in [5.41, 5.74) is 0.952. The summed E-state index contributed by atoms with van der Waals surface area (Å²) in [4.78, 5) is 15.3. The van der Waals surface area contributed by atoms with Gasteiger partial charge in [0.05, 0.1) is 7.11 Å². The van der Waals surface area contributed by atoms with Crippen LogP contribution in [0.1, 0.15) is 16.2 Å². The third-order valence-corrected chi connectivity index (χ3v) is 2.21. The van der Waals surface area contributed by atoms with Gasteiger partial charge >= 0.3 is 0 Å². The predicted molar refractivity (Wildman–Crippen MR) is 60.5 cm³/mol. The van der Waals surface area contributed by atoms with Gasteiger partial charge in [-0.1, -0.05) is 12.1 Å². The van der Waals surface area contributed by atoms with Crippen LogP contribution in [0.5, 0.6) is 5.75 Å². The first-order valence-corrected chi connectivity index (χ1v) is 5.06. The predicted octanol–water partition coefficient (Wildman–Crippen LogP) is 0.743. The number of aromatic nitrogens is 3. The maximum atomic E-state index is 11.5. The molecule has 0 aliphatic rings. The Labute approximate surface area is 98.0 Å². The number of methoxy groups -OCH3 is 1. The summed E-state index contributed by atoms with van der Waals surface area (Å²) in [6.45, 7) is 0.407. The number of nitrogens with zero attached hydrogens (tertiary/aromatic N) is 2. The van der Waals surface area contributed by atoms with Crippen LogP contribution in [0.15, 0.2) is 30.6 Å². The maximum absolute atomic E-state index is 11.5. The van der Waals surface area contributed by atoms with Crippen molar-refractivity contribution >= 4 is 5.91 Å². The van der Waals surface area contributed by atoms with Crippen LogP contribution in [0.3, 0.4) is 0 Å². The summed E-state index contributed by atoms with van der Waals surface area (Å²) < 4.78 is 5.09. The Morgan fingerprint density at radius 1 is 1.53 bits per heavy atom. The van der Waals surface area contributed by atoms with E-state index in [0.717, 1.165) is 11.3 Å². The SMILES string of the molecule is COc1cccc(CNC(=O)c2nc[nH]n2)c1. The van der Waals surface area contributed by atoms with Crippen LogP contribution in [-0.4, -0.2) is 28.2 Å². The molecule has 0 saturated carbocycles. The lowest BCUT2D eigenvalue weighted by atomic mass is 10.2. The first-order chi connectivity index (χ1) is 8.29. The van der Waals surface area contributed by atoms with Gasteiger partial charge in [-0.05, 0) is 17.7 Å². The van der Waals surface area contributed by atoms with E-state index in [2.05, 4.69) is 20.5 Å². The third kappa shape index (κ3) is 2.81. The molecular formula is C11H12N4O2. The van der Waals surface area contributed by atoms with Crippen LogP contribution in [-0.2, 0) is 6.54 Å². The Morgan fingerprint density at radius 3 is 3.12 bits per heavy atom. The van der Waals surface area contributed by atoms with Crippen LogP contribution in [0, 0.1) is 0 Å². The van der Waals surface area contributed by atoms with Crippen LogP contribution < -0.4 is 10.1 Å². The number of carbonyl (C=O) groups excluding carboxylic acids is 1. The summed E-state index contributed by atoms with van der Waals surface area (Å²) in [5.74, 6) is 0.580. The number of hydrogen-bond donors (Lipinski definition) is 2. The third-order valence-electron chi connectivity index (χ3n) is 2.21. The number of amides is 1. The standard InChI is InChI=1S/C11H12N4O2/c1-17-9-4-2-3-8(5-9)6-12-11(16)10-13-7-14-15-10/h2-5,7H,6H2,1H3,(H,12,16)(H,13,14,15). The van der Waals surface area contributed by atoms with Crippen molar-refractivity contribution in [2.45, 2.75) is 6.54 Å². The van der Waals surface area contributed by atoms with Crippen molar-refractivity contribution in [1.82, 2.24) is 20.5 Å². The van der Waals surface area contributed by atoms with E-state index in [1.54, 1.807) is 7.11 Å². The smallest absolute Gasteiger partial charge is 0.291 e. The van der Waals surface area contributed by atoms with E-state index in [0.29, 0.717) is 6.54 Å². The summed E-state index contributed by atoms with van der Waals surface area (Å²) in [6.07, 6.45) is 1.36. The van der Waals surface area contributed by atoms with Crippen molar-refractivity contribution in [3.63, 3.8) is 0 Å². The molecule has 1 amide bonds. The number of aromatic amines is 1. The van der Waals surface area contributed by atoms with Crippen LogP contribution in [0.4, 0.5) is 0 Å². The van der Waals surface area contributed by atoms with E-state index in [9.17, 15) is 4.79 Å². The summed E-state index contributed by atoms with van der Waals surface area (Å²) >= 11 is 0. The molecule has 88 valence electrons. The highest BCUT2D eigenvalue weighted by atomic mass is 16.5. The number of ether oxygens (including phenoxy) is 1. The largest absolute Gasteiger partial charge is 0.497 e. The van der Waals surface area contributed by atoms with Crippen molar-refractivity contribution in [1.29, 1.82) is 0 Å². The Morgan fingerprint density at radius 2 is 2.41 bits per heavy atom. The highest BCUT2D eigenvalue weighted by molar-refractivity contribution is 5.90. The van der Waals surface area contributed by atoms with E-state index < -0.39 is 0 Å². The van der Waals surface area contributed by atoms with Gasteiger partial charge in [-0.3, -0.25) is 9.89 Å². The number of rotatable bonds is 4. The number of nitrogens with one attached hydrogen (secondary N) is 2. The first kappa shape index (κ1) is 11.1. The van der Waals surface area contributed by atoms with Gasteiger partial charge < -0.3 is 10.1 Å². The molecule has 17 heavy (non-hydrogen) atoms. The van der Waals surface area contributed by atoms with Gasteiger partial charge in [-0.15, -0.1) is 5.10 Å². The van der Waals surface area contributed by atoms with Crippen molar-refractivity contribution in [3.05, 3.63) is 42.0 Å². The average molecular weight is 232 g/mol. The minimum absolute atomic E-state index is 0.132. The zero-order chi connectivity index (χ0) is 12.1. The van der Waals surface area contributed by atoms with Gasteiger partial charge in [0.25, 0.3) is 5.91 Å². The lowest BCUT2D eigenvalue weighted by molar-refractivity contribution is 0.0941. The van der Waals surface area contributed by atoms with Gasteiger partial charge in [-0.2, -0.15) is 0 Å². The molecule has 2 aromatic rings. The highest BCUT2D eigenvalue weighted by Gasteiger charge is 2.08. The average Bonchev–Trinajstić information content (AvgIpc) is 2.90. The minimum atomic E-state index is -0.311. The second-order valence-electron chi connectivity index (χ2n) is 3.36. The van der Waals surface area contributed by atoms with Crippen LogP contribution in [0.25, 0.3) is 0 Å². The van der Waals surface area contributed by atoms with E-state index in [4.69, 9.17) is 4.74 Å². The molecule has 1 aromatic carbocycles. The van der Waals surface area contributed by atoms with Gasteiger partial charge in [-0.25, -0.2) is 4.98 Å². The molecule has 0 aliphatic carbocycles. The molecule has 0 aliphatic heterocycles. The van der Waals surface area contributed by atoms with E-state index in [1.807, 2.05) is 24.3 Å². The molecule has 1 heterocycles. The van der Waals surface area contributed by atoms with Crippen molar-refractivity contribution in [3.8, 4) is 5.75 Å². The summed E-state index contributed by atoms with van der Waals surface area (Å²) in [5, 5.41) is 8.89. The molecular weight excluding hydrogens is 220 g/mol. The molecule has 0 atom stereocenters. The lowest BCUT2D eigenvalue weighted by Crippen LogP contribution is -2.23. The van der Waals surface area contributed by atoms with Gasteiger partial charge in [0.2, 0.25) is 5.82 Å². The van der Waals surface area contributed by atoms with Gasteiger partial charge in [0, 0.05) is 6.54 Å². The van der Waals surface area contributed by atoms with E-state index >= 15 is 0 Å². The van der Waals surface area contributed by atoms with Crippen LogP contribution >= 0.6 is 0 Å². The molecule has 0 unspecified atom stereocenters. The minimum Gasteiger partial charge on any atom is -0.497 e. The molecule has 2 rings (SSSR count). The second kappa shape index (κ2) is 5.11. The zero-order valence-corrected chi connectivity index (χ0v) is 9.30. The molecule has 6 heteroatoms. The Hall–Kier alpha value is -2.37. The number of carbonyl (C=O) groups is 1. The number of hydrogen-bond acceptors (Lipinski definition) is 4. The normalized spacial score (nSPS) is 9.94. The molecule has 0 saturated heterocycles. The van der Waals surface area contributed by atoms with Crippen molar-refractivity contribution < 1.29 is 9.53 Å². The fourth-order valence-corrected chi connectivity index (χ4v) is 1.36. The Kier molecular flexibility index (Phi) is 3.34. The zero-order valence-electron chi connectivity index (χ0n) is 9.30. The fraction of sp³-hybridized carbons (Fsp3) is 0.182. The molecule has 0 radical (unpaired) electrons. The lowest BCUT2D eigenvalue weighted by Gasteiger charge is -2.05. The summed E-state index contributed by atoms with van der Waals surface area (Å²) in [7, 11) is 1.60. The second-order valence-corrected chi connectivity index (χ2v) is 3.36. The molecule has 1 aromatic heterocycles.